The van der Waals surface area contributed by atoms with E-state index in [1.165, 1.54) is 6.07 Å². The summed E-state index contributed by atoms with van der Waals surface area (Å²) in [6.45, 7) is 3.71. The predicted molar refractivity (Wildman–Crippen MR) is 139 cm³/mol. The van der Waals surface area contributed by atoms with E-state index >= 15 is 0 Å². The molecular weight excluding hydrogens is 455 g/mol. The van der Waals surface area contributed by atoms with E-state index in [0.29, 0.717) is 11.3 Å². The first-order valence-corrected chi connectivity index (χ1v) is 11.7. The summed E-state index contributed by atoms with van der Waals surface area (Å²) in [5.74, 6) is -0.603. The van der Waals surface area contributed by atoms with E-state index in [9.17, 15) is 9.50 Å². The summed E-state index contributed by atoms with van der Waals surface area (Å²) in [5, 5.41) is 21.7. The molecule has 0 saturated heterocycles. The smallest absolute Gasteiger partial charge is 0.135 e. The van der Waals surface area contributed by atoms with Crippen molar-refractivity contribution in [1.29, 1.82) is 0 Å². The SMILES string of the molecule is CCNCc1cncc(-c2ccc3[nH]nc(-c4cc5c(-c6cc(O)cc(F)c6)cccc5[nH]4)c3n2)c1. The lowest BCUT2D eigenvalue weighted by Gasteiger charge is -2.05. The van der Waals surface area contributed by atoms with Crippen LogP contribution in [0.1, 0.15) is 12.5 Å². The van der Waals surface area contributed by atoms with Gasteiger partial charge in [-0.2, -0.15) is 5.10 Å². The van der Waals surface area contributed by atoms with E-state index in [0.717, 1.165) is 69.2 Å². The second-order valence-corrected chi connectivity index (χ2v) is 8.67. The number of hydrogen-bond acceptors (Lipinski definition) is 5. The average Bonchev–Trinajstić information content (AvgIpc) is 3.50. The third-order valence-corrected chi connectivity index (χ3v) is 6.19. The maximum absolute atomic E-state index is 14.0. The summed E-state index contributed by atoms with van der Waals surface area (Å²) in [5.41, 5.74) is 8.14. The largest absolute Gasteiger partial charge is 0.508 e. The highest BCUT2D eigenvalue weighted by atomic mass is 19.1. The number of fused-ring (bicyclic) bond motifs is 2. The van der Waals surface area contributed by atoms with Crippen LogP contribution in [0, 0.1) is 5.82 Å². The van der Waals surface area contributed by atoms with Gasteiger partial charge in [0.25, 0.3) is 0 Å². The van der Waals surface area contributed by atoms with Crippen molar-refractivity contribution in [3.8, 4) is 39.5 Å². The van der Waals surface area contributed by atoms with Gasteiger partial charge in [-0.05, 0) is 65.7 Å². The van der Waals surface area contributed by atoms with Crippen molar-refractivity contribution >= 4 is 21.9 Å². The van der Waals surface area contributed by atoms with Crippen LogP contribution in [-0.4, -0.2) is 36.8 Å². The Morgan fingerprint density at radius 3 is 2.75 bits per heavy atom. The molecule has 0 radical (unpaired) electrons. The fourth-order valence-electron chi connectivity index (χ4n) is 4.51. The van der Waals surface area contributed by atoms with E-state index in [-0.39, 0.29) is 5.75 Å². The molecule has 0 spiro atoms. The van der Waals surface area contributed by atoms with Crippen LogP contribution in [0.3, 0.4) is 0 Å². The lowest BCUT2D eigenvalue weighted by Crippen LogP contribution is -2.11. The number of phenols is 1. The third kappa shape index (κ3) is 3.97. The zero-order chi connectivity index (χ0) is 24.6. The van der Waals surface area contributed by atoms with Crippen LogP contribution >= 0.6 is 0 Å². The van der Waals surface area contributed by atoms with Crippen LogP contribution in [0.15, 0.2) is 73.1 Å². The number of aromatic nitrogens is 5. The summed E-state index contributed by atoms with van der Waals surface area (Å²) in [7, 11) is 0. The molecule has 4 aromatic heterocycles. The molecule has 4 N–H and O–H groups in total. The number of pyridine rings is 2. The van der Waals surface area contributed by atoms with Crippen molar-refractivity contribution in [2.45, 2.75) is 13.5 Å². The summed E-state index contributed by atoms with van der Waals surface area (Å²) in [6.07, 6.45) is 3.67. The molecule has 0 fully saturated rings. The fraction of sp³-hybridized carbons (Fsp3) is 0.107. The zero-order valence-electron chi connectivity index (χ0n) is 19.5. The standard InChI is InChI=1S/C28H23FN6O/c1-2-30-13-16-8-18(15-31-14-16)23-6-7-25-27(33-23)28(35-34-25)26-12-22-21(4-3-5-24(22)32-26)17-9-19(29)11-20(36)10-17/h3-12,14-15,30,32,36H,2,13H2,1H3,(H,34,35). The van der Waals surface area contributed by atoms with Crippen molar-refractivity contribution in [3.05, 3.63) is 84.4 Å². The molecule has 2 aromatic carbocycles. The van der Waals surface area contributed by atoms with Gasteiger partial charge in [-0.25, -0.2) is 9.37 Å². The Balaban J connectivity index is 1.44. The Bertz CT molecular complexity index is 1700. The Labute approximate surface area is 206 Å². The van der Waals surface area contributed by atoms with Crippen molar-refractivity contribution in [3.63, 3.8) is 0 Å². The van der Waals surface area contributed by atoms with Gasteiger partial charge in [-0.3, -0.25) is 10.1 Å². The molecule has 0 aliphatic rings. The molecule has 8 heteroatoms. The second kappa shape index (κ2) is 8.90. The Kier molecular flexibility index (Phi) is 5.42. The van der Waals surface area contributed by atoms with Crippen LogP contribution in [0.5, 0.6) is 5.75 Å². The van der Waals surface area contributed by atoms with Gasteiger partial charge in [0.15, 0.2) is 0 Å². The molecule has 0 aliphatic heterocycles. The first kappa shape index (κ1) is 21.9. The number of aromatic amines is 2. The number of benzene rings is 2. The quantitative estimate of drug-likeness (QED) is 0.243. The molecule has 6 aromatic rings. The first-order valence-electron chi connectivity index (χ1n) is 11.7. The Morgan fingerprint density at radius 1 is 0.972 bits per heavy atom. The summed E-state index contributed by atoms with van der Waals surface area (Å²) in [4.78, 5) is 12.7. The number of hydrogen-bond donors (Lipinski definition) is 4. The maximum Gasteiger partial charge on any atom is 0.135 e. The van der Waals surface area contributed by atoms with Gasteiger partial charge in [0, 0.05) is 41.5 Å². The molecule has 0 atom stereocenters. The van der Waals surface area contributed by atoms with E-state index < -0.39 is 5.82 Å². The van der Waals surface area contributed by atoms with Crippen molar-refractivity contribution in [1.82, 2.24) is 30.5 Å². The van der Waals surface area contributed by atoms with E-state index in [2.05, 4.69) is 38.5 Å². The highest BCUT2D eigenvalue weighted by molar-refractivity contribution is 6.00. The molecule has 0 bridgehead atoms. The maximum atomic E-state index is 14.0. The summed E-state index contributed by atoms with van der Waals surface area (Å²) in [6, 6.07) is 17.8. The van der Waals surface area contributed by atoms with Gasteiger partial charge in [-0.1, -0.05) is 19.1 Å². The third-order valence-electron chi connectivity index (χ3n) is 6.19. The average molecular weight is 479 g/mol. The monoisotopic (exact) mass is 478 g/mol. The molecule has 7 nitrogen and oxygen atoms in total. The molecule has 6 rings (SSSR count). The number of aromatic hydroxyl groups is 1. The van der Waals surface area contributed by atoms with Crippen LogP contribution in [0.4, 0.5) is 4.39 Å². The Morgan fingerprint density at radius 2 is 1.89 bits per heavy atom. The molecule has 36 heavy (non-hydrogen) atoms. The number of nitrogens with zero attached hydrogens (tertiary/aromatic N) is 3. The van der Waals surface area contributed by atoms with Gasteiger partial charge in [0.2, 0.25) is 0 Å². The number of rotatable bonds is 6. The van der Waals surface area contributed by atoms with Crippen molar-refractivity contribution < 1.29 is 9.50 Å². The van der Waals surface area contributed by atoms with Crippen molar-refractivity contribution in [2.24, 2.45) is 0 Å². The first-order chi connectivity index (χ1) is 17.6. The number of halogens is 1. The van der Waals surface area contributed by atoms with Gasteiger partial charge in [0.05, 0.1) is 16.9 Å². The number of nitrogens with one attached hydrogen (secondary N) is 3. The molecule has 4 heterocycles. The minimum absolute atomic E-state index is 0.114. The van der Waals surface area contributed by atoms with E-state index in [1.54, 1.807) is 6.07 Å². The zero-order valence-corrected chi connectivity index (χ0v) is 19.5. The molecule has 178 valence electrons. The summed E-state index contributed by atoms with van der Waals surface area (Å²) >= 11 is 0. The van der Waals surface area contributed by atoms with Crippen LogP contribution in [-0.2, 0) is 6.54 Å². The number of phenolic OH excluding ortho intramolecular Hbond substituents is 1. The topological polar surface area (TPSA) is 103 Å². The van der Waals surface area contributed by atoms with Gasteiger partial charge < -0.3 is 15.4 Å². The molecule has 0 amide bonds. The van der Waals surface area contributed by atoms with E-state index in [4.69, 9.17) is 4.98 Å². The fourth-order valence-corrected chi connectivity index (χ4v) is 4.51. The highest BCUT2D eigenvalue weighted by Gasteiger charge is 2.16. The lowest BCUT2D eigenvalue weighted by molar-refractivity contribution is 0.469. The second-order valence-electron chi connectivity index (χ2n) is 8.67. The van der Waals surface area contributed by atoms with Crippen LogP contribution in [0.25, 0.3) is 55.7 Å². The van der Waals surface area contributed by atoms with E-state index in [1.807, 2.05) is 48.8 Å². The van der Waals surface area contributed by atoms with Crippen molar-refractivity contribution in [2.75, 3.05) is 6.54 Å². The Hall–Kier alpha value is -4.56. The van der Waals surface area contributed by atoms with Gasteiger partial charge in [0.1, 0.15) is 22.8 Å². The van der Waals surface area contributed by atoms with Crippen LogP contribution in [0.2, 0.25) is 0 Å². The predicted octanol–water partition coefficient (Wildman–Crippen LogP) is 5.79. The highest BCUT2D eigenvalue weighted by Crippen LogP contribution is 2.35. The number of H-pyrrole nitrogens is 2. The molecule has 0 saturated carbocycles. The molecule has 0 aliphatic carbocycles. The van der Waals surface area contributed by atoms with Gasteiger partial charge >= 0.3 is 0 Å². The van der Waals surface area contributed by atoms with Crippen LogP contribution < -0.4 is 5.32 Å². The molecule has 0 unspecified atom stereocenters. The minimum Gasteiger partial charge on any atom is -0.508 e. The molecular formula is C28H23FN6O. The lowest BCUT2D eigenvalue weighted by atomic mass is 10.0. The summed E-state index contributed by atoms with van der Waals surface area (Å²) < 4.78 is 14.0. The normalized spacial score (nSPS) is 11.5. The van der Waals surface area contributed by atoms with Gasteiger partial charge in [-0.15, -0.1) is 0 Å². The minimum atomic E-state index is -0.489.